The fourth-order valence-electron chi connectivity index (χ4n) is 7.09. The zero-order valence-electron chi connectivity index (χ0n) is 15.4. The van der Waals surface area contributed by atoms with Crippen molar-refractivity contribution in [2.24, 2.45) is 40.4 Å². The lowest BCUT2D eigenvalue weighted by molar-refractivity contribution is -0.132. The number of hydrogen-bond acceptors (Lipinski definition) is 1. The Kier molecular flexibility index (Phi) is 3.71. The Bertz CT molecular complexity index is 614. The highest BCUT2D eigenvalue weighted by atomic mass is 16.1. The molecule has 0 amide bonds. The summed E-state index contributed by atoms with van der Waals surface area (Å²) >= 11 is 0. The third-order valence-corrected chi connectivity index (χ3v) is 8.61. The molecule has 0 aromatic carbocycles. The quantitative estimate of drug-likeness (QED) is 0.593. The molecule has 1 nitrogen and oxygen atoms in total. The summed E-state index contributed by atoms with van der Waals surface area (Å²) in [6, 6.07) is 0. The van der Waals surface area contributed by atoms with E-state index in [1.807, 2.05) is 0 Å². The molecule has 0 radical (unpaired) electrons. The number of Topliss-reactive ketones (excluding diaryl/α,β-unsaturated/α-hetero) is 1. The van der Waals surface area contributed by atoms with Gasteiger partial charge in [-0.05, 0) is 73.5 Å². The SMILES string of the molecule is C=CC1CC2=CC[C@@H]3[C@@H](CC[C@]4(C)C(=O)CC[C@@H]34)[C@@]2(C)CC1C=C. The molecule has 0 aromatic heterocycles. The first-order valence-corrected chi connectivity index (χ1v) is 9.92. The number of ketones is 1. The molecular weight excluding hydrogens is 292 g/mol. The van der Waals surface area contributed by atoms with E-state index in [9.17, 15) is 4.79 Å². The highest BCUT2D eigenvalue weighted by Gasteiger charge is 2.59. The average Bonchev–Trinajstić information content (AvgIpc) is 2.88. The Morgan fingerprint density at radius 1 is 1.08 bits per heavy atom. The van der Waals surface area contributed by atoms with Gasteiger partial charge in [-0.2, -0.15) is 0 Å². The van der Waals surface area contributed by atoms with Gasteiger partial charge in [-0.25, -0.2) is 0 Å². The first kappa shape index (κ1) is 16.4. The molecule has 0 spiro atoms. The van der Waals surface area contributed by atoms with Gasteiger partial charge in [0.05, 0.1) is 0 Å². The molecule has 4 aliphatic rings. The van der Waals surface area contributed by atoms with Crippen molar-refractivity contribution >= 4 is 5.78 Å². The lowest BCUT2D eigenvalue weighted by atomic mass is 9.46. The van der Waals surface area contributed by atoms with Crippen LogP contribution in [0.1, 0.15) is 58.8 Å². The van der Waals surface area contributed by atoms with Gasteiger partial charge in [0.25, 0.3) is 0 Å². The van der Waals surface area contributed by atoms with Gasteiger partial charge < -0.3 is 0 Å². The molecule has 3 saturated carbocycles. The molecule has 3 fully saturated rings. The second-order valence-corrected chi connectivity index (χ2v) is 9.38. The van der Waals surface area contributed by atoms with Gasteiger partial charge in [-0.3, -0.25) is 4.79 Å². The Hall–Kier alpha value is -1.11. The van der Waals surface area contributed by atoms with E-state index in [0.29, 0.717) is 29.0 Å². The number of allylic oxidation sites excluding steroid dienone is 4. The predicted octanol–water partition coefficient (Wildman–Crippen LogP) is 5.73. The molecule has 2 unspecified atom stereocenters. The molecule has 0 saturated heterocycles. The maximum absolute atomic E-state index is 12.5. The summed E-state index contributed by atoms with van der Waals surface area (Å²) in [5.41, 5.74) is 1.98. The minimum Gasteiger partial charge on any atom is -0.299 e. The van der Waals surface area contributed by atoms with Crippen LogP contribution in [0.3, 0.4) is 0 Å². The molecule has 0 aliphatic heterocycles. The maximum Gasteiger partial charge on any atom is 0.139 e. The van der Waals surface area contributed by atoms with E-state index in [1.165, 1.54) is 25.7 Å². The Morgan fingerprint density at radius 3 is 2.50 bits per heavy atom. The topological polar surface area (TPSA) is 17.1 Å². The Morgan fingerprint density at radius 2 is 1.79 bits per heavy atom. The summed E-state index contributed by atoms with van der Waals surface area (Å²) in [6.45, 7) is 13.0. The first-order valence-electron chi connectivity index (χ1n) is 9.92. The second-order valence-electron chi connectivity index (χ2n) is 9.38. The fourth-order valence-corrected chi connectivity index (χ4v) is 7.09. The van der Waals surface area contributed by atoms with E-state index in [1.54, 1.807) is 5.57 Å². The van der Waals surface area contributed by atoms with Crippen LogP contribution in [0.4, 0.5) is 0 Å². The molecule has 0 heterocycles. The van der Waals surface area contributed by atoms with Gasteiger partial charge in [0.1, 0.15) is 5.78 Å². The molecule has 4 rings (SSSR count). The monoisotopic (exact) mass is 324 g/mol. The van der Waals surface area contributed by atoms with Crippen LogP contribution in [-0.4, -0.2) is 5.78 Å². The van der Waals surface area contributed by atoms with Gasteiger partial charge in [0, 0.05) is 11.8 Å². The summed E-state index contributed by atoms with van der Waals surface area (Å²) in [5, 5.41) is 0. The van der Waals surface area contributed by atoms with Crippen LogP contribution in [0.15, 0.2) is 37.0 Å². The van der Waals surface area contributed by atoms with E-state index in [-0.39, 0.29) is 5.41 Å². The van der Waals surface area contributed by atoms with Crippen molar-refractivity contribution < 1.29 is 4.79 Å². The lowest BCUT2D eigenvalue weighted by Crippen LogP contribution is -2.51. The molecule has 4 aliphatic carbocycles. The lowest BCUT2D eigenvalue weighted by Gasteiger charge is -2.58. The summed E-state index contributed by atoms with van der Waals surface area (Å²) in [5.74, 6) is 3.76. The number of rotatable bonds is 2. The Labute approximate surface area is 147 Å². The highest BCUT2D eigenvalue weighted by molar-refractivity contribution is 5.87. The minimum atomic E-state index is -0.0149. The van der Waals surface area contributed by atoms with Crippen LogP contribution in [0.5, 0.6) is 0 Å². The van der Waals surface area contributed by atoms with Gasteiger partial charge in [-0.15, -0.1) is 13.2 Å². The van der Waals surface area contributed by atoms with Crippen LogP contribution < -0.4 is 0 Å². The first-order chi connectivity index (χ1) is 11.4. The number of carbonyl (C=O) groups excluding carboxylic acids is 1. The van der Waals surface area contributed by atoms with Crippen LogP contribution in [-0.2, 0) is 4.79 Å². The van der Waals surface area contributed by atoms with Crippen molar-refractivity contribution in [3.8, 4) is 0 Å². The molecule has 0 bridgehead atoms. The molecule has 24 heavy (non-hydrogen) atoms. The molecule has 0 N–H and O–H groups in total. The summed E-state index contributed by atoms with van der Waals surface area (Å²) in [4.78, 5) is 12.5. The normalized spacial score (nSPS) is 50.3. The molecule has 0 aromatic rings. The third kappa shape index (κ3) is 2.02. The van der Waals surface area contributed by atoms with Crippen molar-refractivity contribution in [3.05, 3.63) is 37.0 Å². The van der Waals surface area contributed by atoms with Gasteiger partial charge >= 0.3 is 0 Å². The number of hydrogen-bond donors (Lipinski definition) is 0. The van der Waals surface area contributed by atoms with Crippen molar-refractivity contribution in [2.75, 3.05) is 0 Å². The van der Waals surface area contributed by atoms with E-state index in [4.69, 9.17) is 0 Å². The van der Waals surface area contributed by atoms with Crippen molar-refractivity contribution in [1.29, 1.82) is 0 Å². The van der Waals surface area contributed by atoms with E-state index in [0.717, 1.165) is 31.1 Å². The summed E-state index contributed by atoms with van der Waals surface area (Å²) in [7, 11) is 0. The van der Waals surface area contributed by atoms with Gasteiger partial charge in [0.15, 0.2) is 0 Å². The molecule has 1 heteroatoms. The zero-order valence-corrected chi connectivity index (χ0v) is 15.4. The van der Waals surface area contributed by atoms with Crippen molar-refractivity contribution in [3.63, 3.8) is 0 Å². The molecule has 130 valence electrons. The van der Waals surface area contributed by atoms with Gasteiger partial charge in [0.2, 0.25) is 0 Å². The van der Waals surface area contributed by atoms with Crippen LogP contribution in [0.25, 0.3) is 0 Å². The second kappa shape index (κ2) is 5.44. The number of fused-ring (bicyclic) bond motifs is 5. The molecule has 7 atom stereocenters. The van der Waals surface area contributed by atoms with Crippen LogP contribution in [0, 0.1) is 40.4 Å². The predicted molar refractivity (Wildman–Crippen MR) is 99.5 cm³/mol. The zero-order chi connectivity index (χ0) is 17.1. The Balaban J connectivity index is 1.69. The summed E-state index contributed by atoms with van der Waals surface area (Å²) < 4.78 is 0. The third-order valence-electron chi connectivity index (χ3n) is 8.61. The highest BCUT2D eigenvalue weighted by Crippen LogP contribution is 2.65. The average molecular weight is 325 g/mol. The van der Waals surface area contributed by atoms with Crippen molar-refractivity contribution in [1.82, 2.24) is 0 Å². The minimum absolute atomic E-state index is 0.0149. The maximum atomic E-state index is 12.5. The van der Waals surface area contributed by atoms with Crippen LogP contribution >= 0.6 is 0 Å². The van der Waals surface area contributed by atoms with Crippen LogP contribution in [0.2, 0.25) is 0 Å². The van der Waals surface area contributed by atoms with E-state index >= 15 is 0 Å². The van der Waals surface area contributed by atoms with E-state index < -0.39 is 0 Å². The fraction of sp³-hybridized carbons (Fsp3) is 0.696. The van der Waals surface area contributed by atoms with Crippen molar-refractivity contribution in [2.45, 2.75) is 58.8 Å². The molecular formula is C23H32O. The standard InChI is InChI=1S/C23H32O/c1-5-15-13-17-7-8-18-19-9-10-21(24)22(19,3)12-11-20(18)23(17,4)14-16(15)6-2/h5-7,15-16,18-20H,1-2,8-14H2,3-4H3/t15?,16?,18-,19-,20+,22-,23-/m0/s1. The largest absolute Gasteiger partial charge is 0.299 e. The van der Waals surface area contributed by atoms with Gasteiger partial charge in [-0.1, -0.05) is 37.6 Å². The smallest absolute Gasteiger partial charge is 0.139 e. The van der Waals surface area contributed by atoms with E-state index in [2.05, 4.69) is 45.2 Å². The summed E-state index contributed by atoms with van der Waals surface area (Å²) in [6.07, 6.45) is 14.8. The number of carbonyl (C=O) groups is 1.